The molecule has 1 aromatic carbocycles. The molecule has 2 aliphatic rings. The number of methoxy groups -OCH3 is 1. The summed E-state index contributed by atoms with van der Waals surface area (Å²) in [5.74, 6) is -2.48. The first-order chi connectivity index (χ1) is 16.6. The van der Waals surface area contributed by atoms with Crippen LogP contribution in [0.3, 0.4) is 0 Å². The maximum Gasteiger partial charge on any atom is 0.408 e. The molecule has 0 spiro atoms. The van der Waals surface area contributed by atoms with Gasteiger partial charge in [0.1, 0.15) is 18.8 Å². The van der Waals surface area contributed by atoms with Gasteiger partial charge in [-0.25, -0.2) is 9.59 Å². The quantitative estimate of drug-likeness (QED) is 0.402. The average Bonchev–Trinajstić information content (AvgIpc) is 2.80. The summed E-state index contributed by atoms with van der Waals surface area (Å²) in [6.45, 7) is 6.31. The van der Waals surface area contributed by atoms with Gasteiger partial charge >= 0.3 is 18.0 Å². The van der Waals surface area contributed by atoms with Crippen LogP contribution in [0.5, 0.6) is 0 Å². The number of alkyl carbamates (subject to hydrolysis) is 1. The molecular formula is C24H33NO10. The lowest BCUT2D eigenvalue weighted by atomic mass is 9.92. The van der Waals surface area contributed by atoms with E-state index in [4.69, 9.17) is 33.2 Å². The van der Waals surface area contributed by atoms with Gasteiger partial charge in [0.05, 0.1) is 12.7 Å². The third-order valence-corrected chi connectivity index (χ3v) is 5.51. The Morgan fingerprint density at radius 3 is 2.43 bits per heavy atom. The van der Waals surface area contributed by atoms with E-state index in [0.29, 0.717) is 6.42 Å². The molecule has 2 fully saturated rings. The van der Waals surface area contributed by atoms with Crippen LogP contribution in [0.15, 0.2) is 30.3 Å². The number of esters is 2. The molecule has 35 heavy (non-hydrogen) atoms. The highest BCUT2D eigenvalue weighted by Gasteiger charge is 2.54. The highest BCUT2D eigenvalue weighted by atomic mass is 16.8. The minimum Gasteiger partial charge on any atom is -0.464 e. The zero-order chi connectivity index (χ0) is 25.6. The molecule has 1 N–H and O–H groups in total. The Balaban J connectivity index is 1.85. The number of carbonyl (C=O) groups is 3. The first-order valence-electron chi connectivity index (χ1n) is 11.5. The summed E-state index contributed by atoms with van der Waals surface area (Å²) in [6.07, 6.45) is -4.69. The molecule has 1 aromatic rings. The van der Waals surface area contributed by atoms with Crippen LogP contribution in [-0.2, 0) is 49.4 Å². The summed E-state index contributed by atoms with van der Waals surface area (Å²) in [5, 5.41) is 2.48. The highest BCUT2D eigenvalue weighted by molar-refractivity contribution is 5.82. The fourth-order valence-corrected chi connectivity index (χ4v) is 4.19. The number of nitrogens with one attached hydrogen (secondary N) is 1. The summed E-state index contributed by atoms with van der Waals surface area (Å²) in [4.78, 5) is 37.6. The van der Waals surface area contributed by atoms with Crippen molar-refractivity contribution in [2.45, 2.75) is 83.3 Å². The minimum absolute atomic E-state index is 0.0227. The Bertz CT molecular complexity index is 876. The van der Waals surface area contributed by atoms with Gasteiger partial charge in [-0.1, -0.05) is 30.3 Å². The van der Waals surface area contributed by atoms with Crippen LogP contribution >= 0.6 is 0 Å². The number of ether oxygens (including phenoxy) is 7. The van der Waals surface area contributed by atoms with E-state index in [1.807, 2.05) is 18.2 Å². The van der Waals surface area contributed by atoms with Crippen LogP contribution < -0.4 is 5.32 Å². The summed E-state index contributed by atoms with van der Waals surface area (Å²) < 4.78 is 39.3. The monoisotopic (exact) mass is 495 g/mol. The van der Waals surface area contributed by atoms with E-state index in [0.717, 1.165) is 5.56 Å². The van der Waals surface area contributed by atoms with Crippen LogP contribution in [0.2, 0.25) is 0 Å². The minimum atomic E-state index is -1.43. The van der Waals surface area contributed by atoms with E-state index in [2.05, 4.69) is 5.32 Å². The van der Waals surface area contributed by atoms with Crippen molar-refractivity contribution >= 4 is 18.0 Å². The zero-order valence-corrected chi connectivity index (χ0v) is 20.6. The van der Waals surface area contributed by atoms with Gasteiger partial charge in [0.2, 0.25) is 0 Å². The molecule has 0 aromatic heterocycles. The SMILES string of the molecule is CCOC(=O)[C@H](NC(=O)OCc1ccccc1)[C@@H](OC(C)=O)[C@H]1O[C@@H](OC)[C@H]2CC1OC(C)(C)O2. The van der Waals surface area contributed by atoms with Crippen LogP contribution in [-0.4, -0.2) is 74.3 Å². The molecule has 0 radical (unpaired) electrons. The fraction of sp³-hybridized carbons (Fsp3) is 0.625. The van der Waals surface area contributed by atoms with E-state index >= 15 is 0 Å². The van der Waals surface area contributed by atoms with E-state index in [1.165, 1.54) is 14.0 Å². The van der Waals surface area contributed by atoms with Crippen molar-refractivity contribution < 1.29 is 47.5 Å². The lowest BCUT2D eigenvalue weighted by molar-refractivity contribution is -0.397. The number of benzene rings is 1. The summed E-state index contributed by atoms with van der Waals surface area (Å²) >= 11 is 0. The zero-order valence-electron chi connectivity index (χ0n) is 20.6. The van der Waals surface area contributed by atoms with Crippen molar-refractivity contribution in [1.29, 1.82) is 0 Å². The molecule has 1 unspecified atom stereocenters. The van der Waals surface area contributed by atoms with E-state index in [9.17, 15) is 14.4 Å². The number of fused-ring (bicyclic) bond motifs is 2. The molecule has 2 heterocycles. The maximum absolute atomic E-state index is 12.9. The Hall–Kier alpha value is -2.73. The molecule has 11 heteroatoms. The van der Waals surface area contributed by atoms with Crippen molar-refractivity contribution in [2.75, 3.05) is 13.7 Å². The van der Waals surface area contributed by atoms with E-state index < -0.39 is 60.6 Å². The van der Waals surface area contributed by atoms with Crippen LogP contribution in [0, 0.1) is 0 Å². The summed E-state index contributed by atoms with van der Waals surface area (Å²) in [5.41, 5.74) is 0.759. The number of hydrogen-bond acceptors (Lipinski definition) is 10. The standard InChI is InChI=1S/C24H33NO10/c1-6-30-21(27)18(25-23(28)31-13-15-10-8-7-9-11-15)20(32-14(2)26)19-16-12-17(22(29-5)33-19)35-24(3,4)34-16/h7-11,16-20,22H,6,12-13H2,1-5H3,(H,25,28)/t16?,17-,18-,19+,20-,22-/m1/s1. The lowest BCUT2D eigenvalue weighted by Gasteiger charge is -2.51. The van der Waals surface area contributed by atoms with Gasteiger partial charge in [-0.3, -0.25) is 4.79 Å². The predicted octanol–water partition coefficient (Wildman–Crippen LogP) is 2.06. The molecule has 11 nitrogen and oxygen atoms in total. The molecule has 6 atom stereocenters. The molecule has 2 aliphatic heterocycles. The molecule has 3 rings (SSSR count). The highest BCUT2D eigenvalue weighted by Crippen LogP contribution is 2.38. The topological polar surface area (TPSA) is 128 Å². The van der Waals surface area contributed by atoms with Crippen molar-refractivity contribution in [3.05, 3.63) is 35.9 Å². The Morgan fingerprint density at radius 2 is 1.80 bits per heavy atom. The molecule has 2 bridgehead atoms. The Kier molecular flexibility index (Phi) is 9.06. The summed E-state index contributed by atoms with van der Waals surface area (Å²) in [7, 11) is 1.46. The van der Waals surface area contributed by atoms with Crippen LogP contribution in [0.1, 0.15) is 39.7 Å². The fourth-order valence-electron chi connectivity index (χ4n) is 4.19. The Labute approximate surface area is 204 Å². The third-order valence-electron chi connectivity index (χ3n) is 5.51. The van der Waals surface area contributed by atoms with Gasteiger partial charge in [0.25, 0.3) is 0 Å². The second-order valence-electron chi connectivity index (χ2n) is 8.66. The van der Waals surface area contributed by atoms with Gasteiger partial charge in [-0.15, -0.1) is 0 Å². The number of rotatable bonds is 9. The first-order valence-corrected chi connectivity index (χ1v) is 11.5. The van der Waals surface area contributed by atoms with Crippen molar-refractivity contribution in [3.8, 4) is 0 Å². The third kappa shape index (κ3) is 7.14. The van der Waals surface area contributed by atoms with Gasteiger partial charge in [0, 0.05) is 20.5 Å². The number of amides is 1. The molecular weight excluding hydrogens is 462 g/mol. The predicted molar refractivity (Wildman–Crippen MR) is 120 cm³/mol. The number of hydrogen-bond donors (Lipinski definition) is 1. The second kappa shape index (κ2) is 11.8. The van der Waals surface area contributed by atoms with Crippen LogP contribution in [0.25, 0.3) is 0 Å². The van der Waals surface area contributed by atoms with Crippen LogP contribution in [0.4, 0.5) is 4.79 Å². The van der Waals surface area contributed by atoms with Crippen molar-refractivity contribution in [2.24, 2.45) is 0 Å². The molecule has 0 aliphatic carbocycles. The molecule has 0 saturated carbocycles. The maximum atomic E-state index is 12.9. The largest absolute Gasteiger partial charge is 0.464 e. The molecule has 1 amide bonds. The van der Waals surface area contributed by atoms with Gasteiger partial charge in [-0.05, 0) is 26.3 Å². The Morgan fingerprint density at radius 1 is 1.11 bits per heavy atom. The van der Waals surface area contributed by atoms with E-state index in [1.54, 1.807) is 32.9 Å². The lowest BCUT2D eigenvalue weighted by Crippen LogP contribution is -2.66. The van der Waals surface area contributed by atoms with Gasteiger partial charge in [0.15, 0.2) is 24.2 Å². The number of carbonyl (C=O) groups excluding carboxylic acids is 3. The van der Waals surface area contributed by atoms with Crippen molar-refractivity contribution in [1.82, 2.24) is 5.32 Å². The van der Waals surface area contributed by atoms with E-state index in [-0.39, 0.29) is 13.2 Å². The van der Waals surface area contributed by atoms with Crippen molar-refractivity contribution in [3.63, 3.8) is 0 Å². The second-order valence-corrected chi connectivity index (χ2v) is 8.66. The molecule has 2 saturated heterocycles. The molecule has 194 valence electrons. The normalized spacial score (nSPS) is 26.7. The average molecular weight is 496 g/mol. The smallest absolute Gasteiger partial charge is 0.408 e. The van der Waals surface area contributed by atoms with Gasteiger partial charge in [-0.2, -0.15) is 0 Å². The first kappa shape index (κ1) is 26.9. The summed E-state index contributed by atoms with van der Waals surface area (Å²) in [6, 6.07) is 7.61. The van der Waals surface area contributed by atoms with Gasteiger partial charge < -0.3 is 38.5 Å².